The van der Waals surface area contributed by atoms with E-state index in [-0.39, 0.29) is 11.5 Å². The molecule has 4 N–H and O–H groups in total. The van der Waals surface area contributed by atoms with E-state index in [1.807, 2.05) is 0 Å². The van der Waals surface area contributed by atoms with E-state index < -0.39 is 12.2 Å². The second-order valence-electron chi connectivity index (χ2n) is 5.08. The number of para-hydroxylation sites is 2. The Labute approximate surface area is 123 Å². The fourth-order valence-electron chi connectivity index (χ4n) is 2.35. The molecule has 21 heavy (non-hydrogen) atoms. The van der Waals surface area contributed by atoms with Gasteiger partial charge in [0.25, 0.3) is 0 Å². The Morgan fingerprint density at radius 2 is 1.05 bits per heavy atom. The van der Waals surface area contributed by atoms with Crippen LogP contribution in [0, 0.1) is 0 Å². The molecule has 0 aliphatic carbocycles. The van der Waals surface area contributed by atoms with E-state index in [0.29, 0.717) is 30.4 Å². The monoisotopic (exact) mass is 288 g/mol. The summed E-state index contributed by atoms with van der Waals surface area (Å²) in [5.41, 5.74) is 0.990. The smallest absolute Gasteiger partial charge is 0.121 e. The van der Waals surface area contributed by atoms with Gasteiger partial charge in [-0.25, -0.2) is 0 Å². The Kier molecular flexibility index (Phi) is 5.20. The molecule has 0 radical (unpaired) electrons. The van der Waals surface area contributed by atoms with Gasteiger partial charge in [-0.3, -0.25) is 0 Å². The molecule has 0 amide bonds. The summed E-state index contributed by atoms with van der Waals surface area (Å²) in [7, 11) is 0. The zero-order valence-electron chi connectivity index (χ0n) is 11.7. The topological polar surface area (TPSA) is 80.9 Å². The van der Waals surface area contributed by atoms with Crippen molar-refractivity contribution < 1.29 is 20.4 Å². The van der Waals surface area contributed by atoms with Gasteiger partial charge in [0, 0.05) is 11.1 Å². The molecule has 0 fully saturated rings. The van der Waals surface area contributed by atoms with Crippen molar-refractivity contribution in [1.82, 2.24) is 0 Å². The fraction of sp³-hybridized carbons (Fsp3) is 0.294. The van der Waals surface area contributed by atoms with Crippen LogP contribution in [0.2, 0.25) is 0 Å². The number of phenolic OH excluding ortho intramolecular Hbond substituents is 2. The van der Waals surface area contributed by atoms with Crippen molar-refractivity contribution in [3.8, 4) is 11.5 Å². The molecule has 0 aliphatic rings. The molecule has 112 valence electrons. The molecule has 0 aliphatic heterocycles. The number of rotatable bonds is 6. The van der Waals surface area contributed by atoms with Crippen molar-refractivity contribution in [2.45, 2.75) is 31.5 Å². The maximum atomic E-state index is 10.0. The van der Waals surface area contributed by atoms with Gasteiger partial charge >= 0.3 is 0 Å². The van der Waals surface area contributed by atoms with Gasteiger partial charge in [-0.1, -0.05) is 36.4 Å². The second kappa shape index (κ2) is 7.11. The molecular weight excluding hydrogens is 268 g/mol. The van der Waals surface area contributed by atoms with Gasteiger partial charge in [0.1, 0.15) is 11.5 Å². The maximum Gasteiger partial charge on any atom is 0.121 e. The van der Waals surface area contributed by atoms with Crippen LogP contribution < -0.4 is 0 Å². The van der Waals surface area contributed by atoms with Gasteiger partial charge in [0.05, 0.1) is 12.2 Å². The molecule has 2 unspecified atom stereocenters. The third kappa shape index (κ3) is 3.97. The highest BCUT2D eigenvalue weighted by Crippen LogP contribution is 2.30. The van der Waals surface area contributed by atoms with E-state index in [9.17, 15) is 20.4 Å². The van der Waals surface area contributed by atoms with E-state index in [4.69, 9.17) is 0 Å². The predicted molar refractivity (Wildman–Crippen MR) is 80.0 cm³/mol. The first-order valence-electron chi connectivity index (χ1n) is 7.01. The van der Waals surface area contributed by atoms with Gasteiger partial charge in [0.15, 0.2) is 0 Å². The lowest BCUT2D eigenvalue weighted by Gasteiger charge is -2.15. The van der Waals surface area contributed by atoms with E-state index in [0.717, 1.165) is 0 Å². The first-order chi connectivity index (χ1) is 10.1. The average Bonchev–Trinajstić information content (AvgIpc) is 2.48. The molecule has 2 rings (SSSR count). The maximum absolute atomic E-state index is 10.0. The van der Waals surface area contributed by atoms with Crippen molar-refractivity contribution in [1.29, 1.82) is 0 Å². The van der Waals surface area contributed by atoms with Gasteiger partial charge in [0.2, 0.25) is 0 Å². The summed E-state index contributed by atoms with van der Waals surface area (Å²) in [5.74, 6) is 0.150. The van der Waals surface area contributed by atoms with E-state index in [1.54, 1.807) is 36.4 Å². The van der Waals surface area contributed by atoms with Crippen LogP contribution in [0.15, 0.2) is 48.5 Å². The van der Waals surface area contributed by atoms with E-state index >= 15 is 0 Å². The molecule has 4 nitrogen and oxygen atoms in total. The van der Waals surface area contributed by atoms with E-state index in [1.165, 1.54) is 12.1 Å². The van der Waals surface area contributed by atoms with Crippen LogP contribution in [0.5, 0.6) is 11.5 Å². The van der Waals surface area contributed by atoms with Crippen LogP contribution in [0.4, 0.5) is 0 Å². The number of aliphatic hydroxyl groups is 2. The molecule has 0 spiro atoms. The third-order valence-electron chi connectivity index (χ3n) is 3.55. The lowest BCUT2D eigenvalue weighted by Crippen LogP contribution is -2.01. The lowest BCUT2D eigenvalue weighted by molar-refractivity contribution is 0.132. The molecule has 2 aromatic carbocycles. The molecule has 0 bridgehead atoms. The number of phenols is 2. The average molecular weight is 288 g/mol. The number of aliphatic hydroxyl groups excluding tert-OH is 2. The highest BCUT2D eigenvalue weighted by atomic mass is 16.3. The summed E-state index contributed by atoms with van der Waals surface area (Å²) in [6.45, 7) is 0. The second-order valence-corrected chi connectivity index (χ2v) is 5.08. The lowest BCUT2D eigenvalue weighted by atomic mass is 9.98. The minimum atomic E-state index is -0.761. The van der Waals surface area contributed by atoms with Crippen LogP contribution in [0.25, 0.3) is 0 Å². The van der Waals surface area contributed by atoms with Crippen LogP contribution in [-0.4, -0.2) is 20.4 Å². The molecule has 0 saturated heterocycles. The molecule has 0 aromatic heterocycles. The Bertz CT molecular complexity index is 531. The zero-order valence-corrected chi connectivity index (χ0v) is 11.7. The van der Waals surface area contributed by atoms with Gasteiger partial charge in [-0.2, -0.15) is 0 Å². The SMILES string of the molecule is Oc1ccccc1C(O)CCCC(O)c1ccccc1O. The van der Waals surface area contributed by atoms with Crippen LogP contribution in [0.3, 0.4) is 0 Å². The number of hydrogen-bond donors (Lipinski definition) is 4. The van der Waals surface area contributed by atoms with Crippen molar-refractivity contribution in [2.24, 2.45) is 0 Å². The minimum absolute atomic E-state index is 0.0752. The third-order valence-corrected chi connectivity index (χ3v) is 3.55. The Morgan fingerprint density at radius 3 is 1.43 bits per heavy atom. The van der Waals surface area contributed by atoms with E-state index in [2.05, 4.69) is 0 Å². The summed E-state index contributed by atoms with van der Waals surface area (Å²) in [6, 6.07) is 13.4. The van der Waals surface area contributed by atoms with Crippen LogP contribution >= 0.6 is 0 Å². The minimum Gasteiger partial charge on any atom is -0.508 e. The number of aromatic hydroxyl groups is 2. The summed E-state index contributed by atoms with van der Waals surface area (Å²) in [6.07, 6.45) is -0.0827. The Balaban J connectivity index is 1.87. The van der Waals surface area contributed by atoms with Crippen LogP contribution in [0.1, 0.15) is 42.6 Å². The molecule has 2 aromatic rings. The molecule has 0 saturated carbocycles. The summed E-state index contributed by atoms with van der Waals surface area (Å²) in [4.78, 5) is 0. The first-order valence-corrected chi connectivity index (χ1v) is 7.01. The predicted octanol–water partition coefficient (Wildman–Crippen LogP) is 3.04. The number of benzene rings is 2. The normalized spacial score (nSPS) is 13.8. The first kappa shape index (κ1) is 15.4. The van der Waals surface area contributed by atoms with Crippen molar-refractivity contribution >= 4 is 0 Å². The van der Waals surface area contributed by atoms with Gasteiger partial charge in [-0.15, -0.1) is 0 Å². The van der Waals surface area contributed by atoms with Crippen molar-refractivity contribution in [3.05, 3.63) is 59.7 Å². The quantitative estimate of drug-likeness (QED) is 0.658. The molecule has 2 atom stereocenters. The summed E-state index contributed by atoms with van der Waals surface area (Å²) in [5, 5.41) is 39.4. The standard InChI is InChI=1S/C17H20O4/c18-14-8-3-1-6-12(14)16(20)10-5-11-17(21)13-7-2-4-9-15(13)19/h1-4,6-9,16-21H,5,10-11H2. The highest BCUT2D eigenvalue weighted by Gasteiger charge is 2.15. The highest BCUT2D eigenvalue weighted by molar-refractivity contribution is 5.34. The van der Waals surface area contributed by atoms with Gasteiger partial charge in [-0.05, 0) is 31.4 Å². The van der Waals surface area contributed by atoms with Crippen molar-refractivity contribution in [3.63, 3.8) is 0 Å². The Morgan fingerprint density at radius 1 is 0.667 bits per heavy atom. The van der Waals surface area contributed by atoms with Crippen LogP contribution in [-0.2, 0) is 0 Å². The summed E-state index contributed by atoms with van der Waals surface area (Å²) < 4.78 is 0. The fourth-order valence-corrected chi connectivity index (χ4v) is 2.35. The van der Waals surface area contributed by atoms with Gasteiger partial charge < -0.3 is 20.4 Å². The molecule has 0 heterocycles. The molecule has 4 heteroatoms. The Hall–Kier alpha value is -2.04. The molecular formula is C17H20O4. The summed E-state index contributed by atoms with van der Waals surface area (Å²) >= 11 is 0. The largest absolute Gasteiger partial charge is 0.508 e. The zero-order chi connectivity index (χ0) is 15.2. The number of hydrogen-bond acceptors (Lipinski definition) is 4. The van der Waals surface area contributed by atoms with Crippen molar-refractivity contribution in [2.75, 3.05) is 0 Å².